The molecule has 1 N–H and O–H groups in total. The number of aliphatic hydroxyl groups excluding tert-OH is 1. The molecule has 8 nitrogen and oxygen atoms in total. The highest BCUT2D eigenvalue weighted by Crippen LogP contribution is 2.39. The summed E-state index contributed by atoms with van der Waals surface area (Å²) in [6, 6.07) is 8.25. The van der Waals surface area contributed by atoms with Crippen molar-refractivity contribution in [2.75, 3.05) is 46.0 Å². The number of ether oxygens (including phenoxy) is 2. The van der Waals surface area contributed by atoms with Gasteiger partial charge in [-0.25, -0.2) is 0 Å². The minimum atomic E-state index is -0.691. The number of hydrogen-bond acceptors (Lipinski definition) is 7. The number of ketones is 1. The van der Waals surface area contributed by atoms with Crippen LogP contribution < -0.4 is 4.74 Å². The zero-order valence-corrected chi connectivity index (χ0v) is 21.1. The monoisotopic (exact) mass is 493 g/mol. The van der Waals surface area contributed by atoms with Gasteiger partial charge in [0.1, 0.15) is 11.5 Å². The van der Waals surface area contributed by atoms with Crippen molar-refractivity contribution in [2.45, 2.75) is 39.2 Å². The van der Waals surface area contributed by atoms with Crippen LogP contribution in [-0.2, 0) is 14.3 Å². The van der Waals surface area contributed by atoms with E-state index < -0.39 is 17.7 Å². The van der Waals surface area contributed by atoms with Crippen LogP contribution in [0.3, 0.4) is 0 Å². The normalized spacial score (nSPS) is 20.2. The number of morpholine rings is 1. The van der Waals surface area contributed by atoms with Gasteiger partial charge in [-0.1, -0.05) is 19.4 Å². The number of likely N-dealkylation sites (tertiary alicyclic amines) is 1. The molecule has 0 aliphatic carbocycles. The van der Waals surface area contributed by atoms with Crippen molar-refractivity contribution in [2.24, 2.45) is 0 Å². The Bertz CT molecular complexity index is 1100. The largest absolute Gasteiger partial charge is 0.507 e. The summed E-state index contributed by atoms with van der Waals surface area (Å²) in [4.78, 5) is 34.4. The van der Waals surface area contributed by atoms with Crippen LogP contribution in [0.15, 0.2) is 48.3 Å². The molecule has 36 heavy (non-hydrogen) atoms. The average Bonchev–Trinajstić information content (AvgIpc) is 3.15. The van der Waals surface area contributed by atoms with Crippen molar-refractivity contribution >= 4 is 17.4 Å². The summed E-state index contributed by atoms with van der Waals surface area (Å²) in [5, 5.41) is 11.3. The Balaban J connectivity index is 1.62. The molecule has 2 aliphatic heterocycles. The van der Waals surface area contributed by atoms with E-state index in [1.807, 2.05) is 13.0 Å². The van der Waals surface area contributed by atoms with Gasteiger partial charge in [0.05, 0.1) is 31.4 Å². The number of benzene rings is 1. The lowest BCUT2D eigenvalue weighted by Crippen LogP contribution is -2.39. The van der Waals surface area contributed by atoms with Crippen LogP contribution in [0.4, 0.5) is 0 Å². The molecule has 0 saturated carbocycles. The molecule has 1 atom stereocenters. The second-order valence-electron chi connectivity index (χ2n) is 9.27. The quantitative estimate of drug-likeness (QED) is 0.233. The molecule has 2 aliphatic rings. The molecule has 0 unspecified atom stereocenters. The van der Waals surface area contributed by atoms with E-state index in [1.54, 1.807) is 41.6 Å². The number of Topliss-reactive ketones (excluding diaryl/α,β-unsaturated/α-hetero) is 1. The van der Waals surface area contributed by atoms with E-state index in [2.05, 4.69) is 16.8 Å². The first-order valence-electron chi connectivity index (χ1n) is 12.7. The van der Waals surface area contributed by atoms with E-state index in [0.717, 1.165) is 43.8 Å². The number of carbonyl (C=O) groups is 2. The molecule has 0 bridgehead atoms. The van der Waals surface area contributed by atoms with Gasteiger partial charge in [0, 0.05) is 44.1 Å². The van der Waals surface area contributed by atoms with Gasteiger partial charge in [0.15, 0.2) is 0 Å². The molecule has 1 aromatic heterocycles. The molecule has 4 rings (SSSR count). The lowest BCUT2D eigenvalue weighted by atomic mass is 9.95. The SMILES string of the molecule is CCCCOc1ccc(C(O)=C2C(=O)C(=O)N(CCCN3CCOCC3)[C@@H]2c2cccnc2)cc1C. The van der Waals surface area contributed by atoms with Crippen molar-refractivity contribution in [3.05, 3.63) is 65.0 Å². The molecule has 1 amide bonds. The summed E-state index contributed by atoms with van der Waals surface area (Å²) < 4.78 is 11.2. The number of aliphatic hydroxyl groups is 1. The lowest BCUT2D eigenvalue weighted by molar-refractivity contribution is -0.140. The minimum absolute atomic E-state index is 0.0958. The number of carbonyl (C=O) groups excluding carboxylic acids is 2. The fraction of sp³-hybridized carbons (Fsp3) is 0.464. The number of rotatable bonds is 10. The molecule has 0 radical (unpaired) electrons. The van der Waals surface area contributed by atoms with Gasteiger partial charge in [0.25, 0.3) is 11.7 Å². The number of aryl methyl sites for hydroxylation is 1. The lowest BCUT2D eigenvalue weighted by Gasteiger charge is -2.29. The predicted octanol–water partition coefficient (Wildman–Crippen LogP) is 3.71. The maximum absolute atomic E-state index is 13.2. The van der Waals surface area contributed by atoms with Crippen LogP contribution in [0.25, 0.3) is 5.76 Å². The number of pyridine rings is 1. The van der Waals surface area contributed by atoms with Gasteiger partial charge in [-0.15, -0.1) is 0 Å². The number of hydrogen-bond donors (Lipinski definition) is 1. The third-order valence-electron chi connectivity index (χ3n) is 6.72. The van der Waals surface area contributed by atoms with Crippen LogP contribution in [0.1, 0.15) is 48.9 Å². The maximum Gasteiger partial charge on any atom is 0.295 e. The van der Waals surface area contributed by atoms with Crippen molar-refractivity contribution in [1.82, 2.24) is 14.8 Å². The Hall–Kier alpha value is -3.23. The molecule has 2 aromatic rings. The molecule has 2 fully saturated rings. The Morgan fingerprint density at radius 2 is 1.97 bits per heavy atom. The number of nitrogens with zero attached hydrogens (tertiary/aromatic N) is 3. The van der Waals surface area contributed by atoms with Crippen LogP contribution >= 0.6 is 0 Å². The zero-order chi connectivity index (χ0) is 25.5. The Morgan fingerprint density at radius 1 is 1.17 bits per heavy atom. The highest BCUT2D eigenvalue weighted by atomic mass is 16.5. The van der Waals surface area contributed by atoms with Crippen molar-refractivity contribution in [1.29, 1.82) is 0 Å². The first kappa shape index (κ1) is 25.9. The number of unbranched alkanes of at least 4 members (excludes halogenated alkanes) is 1. The third-order valence-corrected chi connectivity index (χ3v) is 6.72. The topological polar surface area (TPSA) is 92.2 Å². The van der Waals surface area contributed by atoms with Crippen LogP contribution in [-0.4, -0.2) is 77.6 Å². The van der Waals surface area contributed by atoms with E-state index in [4.69, 9.17) is 9.47 Å². The van der Waals surface area contributed by atoms with E-state index in [9.17, 15) is 14.7 Å². The summed E-state index contributed by atoms with van der Waals surface area (Å²) >= 11 is 0. The van der Waals surface area contributed by atoms with Crippen LogP contribution in [0, 0.1) is 6.92 Å². The second-order valence-corrected chi connectivity index (χ2v) is 9.27. The average molecular weight is 494 g/mol. The smallest absolute Gasteiger partial charge is 0.295 e. The molecule has 0 spiro atoms. The van der Waals surface area contributed by atoms with Gasteiger partial charge in [-0.2, -0.15) is 0 Å². The van der Waals surface area contributed by atoms with Gasteiger partial charge >= 0.3 is 0 Å². The van der Waals surface area contributed by atoms with Gasteiger partial charge in [-0.05, 0) is 55.2 Å². The second kappa shape index (κ2) is 12.1. The maximum atomic E-state index is 13.2. The van der Waals surface area contributed by atoms with E-state index in [1.165, 1.54) is 0 Å². The molecular formula is C28H35N3O5. The van der Waals surface area contributed by atoms with E-state index >= 15 is 0 Å². The summed E-state index contributed by atoms with van der Waals surface area (Å²) in [6.07, 6.45) is 6.01. The Morgan fingerprint density at radius 3 is 2.67 bits per heavy atom. The van der Waals surface area contributed by atoms with Gasteiger partial charge < -0.3 is 19.5 Å². The summed E-state index contributed by atoms with van der Waals surface area (Å²) in [6.45, 7) is 9.00. The van der Waals surface area contributed by atoms with Crippen molar-refractivity contribution < 1.29 is 24.2 Å². The molecule has 3 heterocycles. The minimum Gasteiger partial charge on any atom is -0.507 e. The van der Waals surface area contributed by atoms with Crippen LogP contribution in [0.5, 0.6) is 5.75 Å². The standard InChI is InChI=1S/C28H35N3O5/c1-3-4-15-36-23-9-8-21(18-20(23)2)26(32)24-25(22-7-5-10-29-19-22)31(28(34)27(24)33)12-6-11-30-13-16-35-17-14-30/h5,7-10,18-19,25,32H,3-4,6,11-17H2,1-2H3/t25-/m1/s1. The van der Waals surface area contributed by atoms with Gasteiger partial charge in [-0.3, -0.25) is 19.5 Å². The summed E-state index contributed by atoms with van der Waals surface area (Å²) in [5.41, 5.74) is 2.13. The first-order chi connectivity index (χ1) is 17.5. The zero-order valence-electron chi connectivity index (χ0n) is 21.1. The highest BCUT2D eigenvalue weighted by molar-refractivity contribution is 6.46. The molecule has 2 saturated heterocycles. The highest BCUT2D eigenvalue weighted by Gasteiger charge is 2.46. The number of aromatic nitrogens is 1. The van der Waals surface area contributed by atoms with Gasteiger partial charge in [0.2, 0.25) is 0 Å². The summed E-state index contributed by atoms with van der Waals surface area (Å²) in [7, 11) is 0. The Labute approximate surface area is 212 Å². The molecular weight excluding hydrogens is 458 g/mol. The molecule has 8 heteroatoms. The fourth-order valence-electron chi connectivity index (χ4n) is 4.72. The predicted molar refractivity (Wildman–Crippen MR) is 137 cm³/mol. The van der Waals surface area contributed by atoms with Crippen molar-refractivity contribution in [3.63, 3.8) is 0 Å². The molecule has 1 aromatic carbocycles. The van der Waals surface area contributed by atoms with E-state index in [0.29, 0.717) is 43.9 Å². The molecule has 192 valence electrons. The fourth-order valence-corrected chi connectivity index (χ4v) is 4.72. The summed E-state index contributed by atoms with van der Waals surface area (Å²) in [5.74, 6) is -0.703. The Kier molecular flexibility index (Phi) is 8.72. The van der Waals surface area contributed by atoms with E-state index in [-0.39, 0.29) is 11.3 Å². The third kappa shape index (κ3) is 5.77. The number of amides is 1. The first-order valence-corrected chi connectivity index (χ1v) is 12.7. The van der Waals surface area contributed by atoms with Crippen molar-refractivity contribution in [3.8, 4) is 5.75 Å². The van der Waals surface area contributed by atoms with Crippen LogP contribution in [0.2, 0.25) is 0 Å².